The zero-order valence-electron chi connectivity index (χ0n) is 10.2. The lowest BCUT2D eigenvalue weighted by Gasteiger charge is -2.28. The minimum atomic E-state index is -0.483. The maximum atomic E-state index is 12.1. The quantitative estimate of drug-likeness (QED) is 0.621. The van der Waals surface area contributed by atoms with E-state index in [1.165, 1.54) is 0 Å². The van der Waals surface area contributed by atoms with E-state index in [0.29, 0.717) is 0 Å². The van der Waals surface area contributed by atoms with Gasteiger partial charge in [0.05, 0.1) is 5.54 Å². The van der Waals surface area contributed by atoms with Crippen molar-refractivity contribution in [2.24, 2.45) is 0 Å². The molecule has 2 amide bonds. The van der Waals surface area contributed by atoms with E-state index < -0.39 is 11.6 Å². The summed E-state index contributed by atoms with van der Waals surface area (Å²) in [6, 6.07) is -0.483. The molecule has 5 heteroatoms. The minimum Gasteiger partial charge on any atom is -0.357 e. The van der Waals surface area contributed by atoms with E-state index in [0.717, 1.165) is 25.8 Å². The molecule has 0 aromatic rings. The lowest BCUT2D eigenvalue weighted by molar-refractivity contribution is -0.132. The number of likely N-dealkylation sites (N-methyl/N-ethyl adjacent to an activating group) is 1. The molecule has 0 spiro atoms. The Kier molecular flexibility index (Phi) is 4.29. The molecule has 1 saturated heterocycles. The molecule has 92 valence electrons. The van der Waals surface area contributed by atoms with Crippen LogP contribution in [-0.2, 0) is 9.59 Å². The summed E-state index contributed by atoms with van der Waals surface area (Å²) in [6.45, 7) is 4.55. The van der Waals surface area contributed by atoms with E-state index in [1.54, 1.807) is 14.0 Å². The van der Waals surface area contributed by atoms with Crippen LogP contribution in [0.3, 0.4) is 0 Å². The Balaban J connectivity index is 2.60. The topological polar surface area (TPSA) is 70.2 Å². The summed E-state index contributed by atoms with van der Waals surface area (Å²) < 4.78 is 0. The second-order valence-electron chi connectivity index (χ2n) is 4.28. The second-order valence-corrected chi connectivity index (χ2v) is 4.28. The van der Waals surface area contributed by atoms with Crippen molar-refractivity contribution in [2.45, 2.75) is 44.7 Å². The summed E-state index contributed by atoms with van der Waals surface area (Å²) in [4.78, 5) is 23.4. The van der Waals surface area contributed by atoms with E-state index >= 15 is 0 Å². The van der Waals surface area contributed by atoms with Crippen LogP contribution in [0.2, 0.25) is 0 Å². The number of carbonyl (C=O) groups is 2. The number of carbonyl (C=O) groups excluding carboxylic acids is 2. The Morgan fingerprint density at radius 1 is 1.50 bits per heavy atom. The monoisotopic (exact) mass is 227 g/mol. The van der Waals surface area contributed by atoms with Gasteiger partial charge in [0.2, 0.25) is 11.8 Å². The van der Waals surface area contributed by atoms with Gasteiger partial charge in [-0.25, -0.2) is 0 Å². The Morgan fingerprint density at radius 2 is 2.19 bits per heavy atom. The van der Waals surface area contributed by atoms with Gasteiger partial charge in [0.1, 0.15) is 6.04 Å². The first kappa shape index (κ1) is 13.0. The molecule has 0 aliphatic carbocycles. The van der Waals surface area contributed by atoms with Gasteiger partial charge in [-0.1, -0.05) is 6.92 Å². The fourth-order valence-corrected chi connectivity index (χ4v) is 2.08. The highest BCUT2D eigenvalue weighted by Crippen LogP contribution is 2.23. The molecule has 1 fully saturated rings. The molecular weight excluding hydrogens is 206 g/mol. The summed E-state index contributed by atoms with van der Waals surface area (Å²) in [5.74, 6) is -0.235. The number of hydrogen-bond donors (Lipinski definition) is 3. The van der Waals surface area contributed by atoms with Gasteiger partial charge in [-0.15, -0.1) is 0 Å². The Labute approximate surface area is 96.4 Å². The van der Waals surface area contributed by atoms with Crippen molar-refractivity contribution in [3.05, 3.63) is 0 Å². The van der Waals surface area contributed by atoms with Crippen LogP contribution in [-0.4, -0.2) is 37.0 Å². The van der Waals surface area contributed by atoms with Crippen molar-refractivity contribution in [1.29, 1.82) is 0 Å². The lowest BCUT2D eigenvalue weighted by Crippen LogP contribution is -2.57. The van der Waals surface area contributed by atoms with Gasteiger partial charge in [0.15, 0.2) is 0 Å². The number of rotatable bonds is 4. The van der Waals surface area contributed by atoms with Crippen molar-refractivity contribution in [2.75, 3.05) is 13.6 Å². The SMILES string of the molecule is CCC1(C(=O)NC(C)C(=O)NC)CCCN1. The maximum absolute atomic E-state index is 12.1. The zero-order valence-corrected chi connectivity index (χ0v) is 10.2. The van der Waals surface area contributed by atoms with Crippen LogP contribution in [0.25, 0.3) is 0 Å². The van der Waals surface area contributed by atoms with Gasteiger partial charge >= 0.3 is 0 Å². The minimum absolute atomic E-state index is 0.0661. The third-order valence-corrected chi connectivity index (χ3v) is 3.27. The van der Waals surface area contributed by atoms with Crippen LogP contribution in [0.5, 0.6) is 0 Å². The lowest BCUT2D eigenvalue weighted by atomic mass is 9.93. The molecule has 0 bridgehead atoms. The molecule has 1 aliphatic rings. The molecule has 0 aromatic carbocycles. The van der Waals surface area contributed by atoms with Crippen molar-refractivity contribution in [3.63, 3.8) is 0 Å². The van der Waals surface area contributed by atoms with E-state index in [2.05, 4.69) is 16.0 Å². The van der Waals surface area contributed by atoms with Gasteiger partial charge in [-0.05, 0) is 32.7 Å². The molecule has 16 heavy (non-hydrogen) atoms. The fourth-order valence-electron chi connectivity index (χ4n) is 2.08. The van der Waals surface area contributed by atoms with Crippen LogP contribution in [0.4, 0.5) is 0 Å². The third kappa shape index (κ3) is 2.52. The average molecular weight is 227 g/mol. The molecule has 0 saturated carbocycles. The maximum Gasteiger partial charge on any atom is 0.242 e. The molecule has 2 atom stereocenters. The van der Waals surface area contributed by atoms with Gasteiger partial charge < -0.3 is 16.0 Å². The Hall–Kier alpha value is -1.10. The zero-order chi connectivity index (χ0) is 12.2. The van der Waals surface area contributed by atoms with Crippen molar-refractivity contribution < 1.29 is 9.59 Å². The predicted molar refractivity (Wildman–Crippen MR) is 61.9 cm³/mol. The first-order valence-corrected chi connectivity index (χ1v) is 5.83. The molecule has 3 N–H and O–H groups in total. The highest BCUT2D eigenvalue weighted by molar-refractivity contribution is 5.92. The first-order chi connectivity index (χ1) is 7.55. The highest BCUT2D eigenvalue weighted by Gasteiger charge is 2.39. The number of nitrogens with one attached hydrogen (secondary N) is 3. The molecule has 0 aromatic heterocycles. The van der Waals surface area contributed by atoms with Gasteiger partial charge in [0, 0.05) is 7.05 Å². The normalized spacial score (nSPS) is 26.2. The molecule has 0 radical (unpaired) electrons. The van der Waals surface area contributed by atoms with Crippen molar-refractivity contribution in [3.8, 4) is 0 Å². The first-order valence-electron chi connectivity index (χ1n) is 5.83. The third-order valence-electron chi connectivity index (χ3n) is 3.27. The largest absolute Gasteiger partial charge is 0.357 e. The summed E-state index contributed by atoms with van der Waals surface area (Å²) in [7, 11) is 1.56. The summed E-state index contributed by atoms with van der Waals surface area (Å²) in [6.07, 6.45) is 2.60. The van der Waals surface area contributed by atoms with E-state index in [1.807, 2.05) is 6.92 Å². The Morgan fingerprint density at radius 3 is 2.62 bits per heavy atom. The fraction of sp³-hybridized carbons (Fsp3) is 0.818. The van der Waals surface area contributed by atoms with Crippen LogP contribution >= 0.6 is 0 Å². The predicted octanol–water partition coefficient (Wildman–Crippen LogP) is -0.231. The van der Waals surface area contributed by atoms with Crippen LogP contribution in [0.15, 0.2) is 0 Å². The second kappa shape index (κ2) is 5.30. The van der Waals surface area contributed by atoms with Gasteiger partial charge in [-0.2, -0.15) is 0 Å². The van der Waals surface area contributed by atoms with Crippen molar-refractivity contribution >= 4 is 11.8 Å². The van der Waals surface area contributed by atoms with Crippen LogP contribution in [0, 0.1) is 0 Å². The smallest absolute Gasteiger partial charge is 0.242 e. The molecule has 2 unspecified atom stereocenters. The van der Waals surface area contributed by atoms with Gasteiger partial charge in [-0.3, -0.25) is 9.59 Å². The molecular formula is C11H21N3O2. The molecule has 1 heterocycles. The number of amides is 2. The van der Waals surface area contributed by atoms with E-state index in [-0.39, 0.29) is 11.8 Å². The highest BCUT2D eigenvalue weighted by atomic mass is 16.2. The molecule has 5 nitrogen and oxygen atoms in total. The molecule has 1 rings (SSSR count). The summed E-state index contributed by atoms with van der Waals surface area (Å²) in [5, 5.41) is 8.51. The standard InChI is InChI=1S/C11H21N3O2/c1-4-11(6-5-7-13-11)10(16)14-8(2)9(15)12-3/h8,13H,4-7H2,1-3H3,(H,12,15)(H,14,16). The average Bonchev–Trinajstić information content (AvgIpc) is 2.77. The van der Waals surface area contributed by atoms with Crippen molar-refractivity contribution in [1.82, 2.24) is 16.0 Å². The summed E-state index contributed by atoms with van der Waals surface area (Å²) in [5.41, 5.74) is -0.470. The van der Waals surface area contributed by atoms with Crippen LogP contribution in [0.1, 0.15) is 33.1 Å². The Bertz CT molecular complexity index is 272. The molecule has 1 aliphatic heterocycles. The van der Waals surface area contributed by atoms with E-state index in [9.17, 15) is 9.59 Å². The van der Waals surface area contributed by atoms with Gasteiger partial charge in [0.25, 0.3) is 0 Å². The van der Waals surface area contributed by atoms with Crippen LogP contribution < -0.4 is 16.0 Å². The summed E-state index contributed by atoms with van der Waals surface area (Å²) >= 11 is 0. The van der Waals surface area contributed by atoms with E-state index in [4.69, 9.17) is 0 Å². The number of hydrogen-bond acceptors (Lipinski definition) is 3.